The molecule has 0 radical (unpaired) electrons. The minimum absolute atomic E-state index is 0.0308. The summed E-state index contributed by atoms with van der Waals surface area (Å²) in [5.74, 6) is 0.833. The largest absolute Gasteiger partial charge is 0.345 e. The van der Waals surface area contributed by atoms with Crippen LogP contribution in [0.25, 0.3) is 22.5 Å². The molecule has 0 bridgehead atoms. The zero-order valence-electron chi connectivity index (χ0n) is 25.1. The van der Waals surface area contributed by atoms with Crippen molar-refractivity contribution in [1.29, 1.82) is 0 Å². The number of imidazole rings is 1. The summed E-state index contributed by atoms with van der Waals surface area (Å²) in [6.45, 7) is 8.21. The molecular formula is C37H45N3O2. The second-order valence-electron chi connectivity index (χ2n) is 12.4. The maximum atomic E-state index is 6.54. The van der Waals surface area contributed by atoms with Gasteiger partial charge in [-0.3, -0.25) is 0 Å². The van der Waals surface area contributed by atoms with Crippen LogP contribution in [0.15, 0.2) is 91.0 Å². The summed E-state index contributed by atoms with van der Waals surface area (Å²) < 4.78 is 15.4. The SMILES string of the molecule is C[C@]1(CCCCCN2CCCCC2)CO[C@@H](c2nc(-c3ccccc3)c(-c3ccccc3)n2Cc2ccccc2)OC1. The van der Waals surface area contributed by atoms with Crippen molar-refractivity contribution in [2.45, 2.75) is 64.7 Å². The van der Waals surface area contributed by atoms with Crippen molar-refractivity contribution in [1.82, 2.24) is 14.5 Å². The first kappa shape index (κ1) is 28.9. The van der Waals surface area contributed by atoms with Crippen LogP contribution in [0.2, 0.25) is 0 Å². The quantitative estimate of drug-likeness (QED) is 0.172. The van der Waals surface area contributed by atoms with Crippen molar-refractivity contribution in [3.63, 3.8) is 0 Å². The summed E-state index contributed by atoms with van der Waals surface area (Å²) >= 11 is 0. The highest BCUT2D eigenvalue weighted by atomic mass is 16.7. The molecule has 0 amide bonds. The van der Waals surface area contributed by atoms with Gasteiger partial charge >= 0.3 is 0 Å². The van der Waals surface area contributed by atoms with Gasteiger partial charge in [-0.2, -0.15) is 0 Å². The maximum absolute atomic E-state index is 6.54. The minimum atomic E-state index is -0.499. The molecule has 2 aliphatic rings. The van der Waals surface area contributed by atoms with Gasteiger partial charge < -0.3 is 18.9 Å². The second-order valence-corrected chi connectivity index (χ2v) is 12.4. The molecule has 1 aromatic heterocycles. The molecule has 2 saturated heterocycles. The van der Waals surface area contributed by atoms with E-state index in [0.717, 1.165) is 34.8 Å². The number of nitrogens with zero attached hydrogens (tertiary/aromatic N) is 3. The fraction of sp³-hybridized carbons (Fsp3) is 0.432. The predicted molar refractivity (Wildman–Crippen MR) is 170 cm³/mol. The van der Waals surface area contributed by atoms with Crippen molar-refractivity contribution in [2.24, 2.45) is 5.41 Å². The Hall–Kier alpha value is -3.25. The Morgan fingerprint density at radius 2 is 1.36 bits per heavy atom. The molecule has 4 aromatic rings. The highest BCUT2D eigenvalue weighted by Crippen LogP contribution is 2.40. The van der Waals surface area contributed by atoms with Gasteiger partial charge in [0.1, 0.15) is 0 Å². The van der Waals surface area contributed by atoms with Gasteiger partial charge in [0.25, 0.3) is 0 Å². The van der Waals surface area contributed by atoms with E-state index in [4.69, 9.17) is 14.5 Å². The number of benzene rings is 3. The van der Waals surface area contributed by atoms with Crippen molar-refractivity contribution < 1.29 is 9.47 Å². The Kier molecular flexibility index (Phi) is 9.49. The van der Waals surface area contributed by atoms with Gasteiger partial charge in [-0.1, -0.05) is 117 Å². The fourth-order valence-electron chi connectivity index (χ4n) is 6.45. The lowest BCUT2D eigenvalue weighted by atomic mass is 9.85. The number of piperidine rings is 1. The molecule has 0 unspecified atom stereocenters. The van der Waals surface area contributed by atoms with Crippen LogP contribution in [0.4, 0.5) is 0 Å². The molecule has 5 nitrogen and oxygen atoms in total. The summed E-state index contributed by atoms with van der Waals surface area (Å²) in [6.07, 6.45) is 8.57. The lowest BCUT2D eigenvalue weighted by Crippen LogP contribution is -2.37. The Morgan fingerprint density at radius 3 is 2.02 bits per heavy atom. The summed E-state index contributed by atoms with van der Waals surface area (Å²) in [6, 6.07) is 31.6. The van der Waals surface area contributed by atoms with E-state index < -0.39 is 6.29 Å². The van der Waals surface area contributed by atoms with Crippen LogP contribution in [0.5, 0.6) is 0 Å². The van der Waals surface area contributed by atoms with Crippen molar-refractivity contribution in [3.8, 4) is 22.5 Å². The van der Waals surface area contributed by atoms with E-state index >= 15 is 0 Å². The van der Waals surface area contributed by atoms with Crippen molar-refractivity contribution in [3.05, 3.63) is 102 Å². The minimum Gasteiger partial charge on any atom is -0.345 e. The molecule has 6 rings (SSSR count). The molecule has 0 saturated carbocycles. The molecule has 2 aliphatic heterocycles. The summed E-state index contributed by atoms with van der Waals surface area (Å²) in [5, 5.41) is 0. The summed E-state index contributed by atoms with van der Waals surface area (Å²) in [7, 11) is 0. The molecular weight excluding hydrogens is 518 g/mol. The van der Waals surface area contributed by atoms with Crippen LogP contribution in [0, 0.1) is 5.41 Å². The number of aromatic nitrogens is 2. The van der Waals surface area contributed by atoms with Gasteiger partial charge in [0.2, 0.25) is 6.29 Å². The Labute approximate surface area is 251 Å². The second kappa shape index (κ2) is 13.8. The van der Waals surface area contributed by atoms with Crippen LogP contribution in [-0.2, 0) is 16.0 Å². The van der Waals surface area contributed by atoms with E-state index in [9.17, 15) is 0 Å². The molecule has 0 spiro atoms. The Balaban J connectivity index is 1.20. The third-order valence-corrected chi connectivity index (χ3v) is 8.86. The average Bonchev–Trinajstić information content (AvgIpc) is 3.42. The van der Waals surface area contributed by atoms with E-state index in [-0.39, 0.29) is 5.41 Å². The molecule has 5 heteroatoms. The van der Waals surface area contributed by atoms with Gasteiger partial charge in [0, 0.05) is 23.1 Å². The Bertz CT molecular complexity index is 1370. The Morgan fingerprint density at radius 1 is 0.738 bits per heavy atom. The zero-order chi connectivity index (χ0) is 28.6. The number of rotatable bonds is 11. The third-order valence-electron chi connectivity index (χ3n) is 8.86. The first-order chi connectivity index (χ1) is 20.7. The highest BCUT2D eigenvalue weighted by molar-refractivity contribution is 5.79. The molecule has 220 valence electrons. The zero-order valence-corrected chi connectivity index (χ0v) is 25.1. The molecule has 3 aromatic carbocycles. The van der Waals surface area contributed by atoms with Gasteiger partial charge in [0.15, 0.2) is 5.82 Å². The van der Waals surface area contributed by atoms with Gasteiger partial charge in [0.05, 0.1) is 24.6 Å². The van der Waals surface area contributed by atoms with E-state index in [1.54, 1.807) is 0 Å². The standard InChI is InChI=1S/C37H45N3O2/c1-37(23-13-5-14-24-39-25-15-6-16-26-39)28-41-36(42-29-37)35-38-33(31-19-9-3-10-20-31)34(32-21-11-4-12-22-32)40(35)27-30-17-7-2-8-18-30/h2-4,7-12,17-22,36H,5-6,13-16,23-29H2,1H3/t36-,37+. The highest BCUT2D eigenvalue weighted by Gasteiger charge is 2.36. The third kappa shape index (κ3) is 7.03. The van der Waals surface area contributed by atoms with E-state index in [1.165, 1.54) is 63.7 Å². The smallest absolute Gasteiger partial charge is 0.217 e. The fourth-order valence-corrected chi connectivity index (χ4v) is 6.45. The number of hydrogen-bond acceptors (Lipinski definition) is 4. The number of unbranched alkanes of at least 4 members (excludes halogenated alkanes) is 2. The monoisotopic (exact) mass is 563 g/mol. The van der Waals surface area contributed by atoms with Crippen LogP contribution >= 0.6 is 0 Å². The van der Waals surface area contributed by atoms with E-state index in [1.807, 2.05) is 0 Å². The van der Waals surface area contributed by atoms with Crippen LogP contribution in [-0.4, -0.2) is 47.3 Å². The molecule has 2 fully saturated rings. The first-order valence-corrected chi connectivity index (χ1v) is 15.9. The van der Waals surface area contributed by atoms with Gasteiger partial charge in [-0.15, -0.1) is 0 Å². The molecule has 0 atom stereocenters. The van der Waals surface area contributed by atoms with Crippen LogP contribution < -0.4 is 0 Å². The summed E-state index contributed by atoms with van der Waals surface area (Å²) in [5.41, 5.74) is 5.53. The summed E-state index contributed by atoms with van der Waals surface area (Å²) in [4.78, 5) is 7.91. The normalized spacial score (nSPS) is 21.4. The molecule has 42 heavy (non-hydrogen) atoms. The van der Waals surface area contributed by atoms with E-state index in [2.05, 4.69) is 107 Å². The van der Waals surface area contributed by atoms with Crippen molar-refractivity contribution in [2.75, 3.05) is 32.8 Å². The first-order valence-electron chi connectivity index (χ1n) is 15.9. The number of hydrogen-bond donors (Lipinski definition) is 0. The molecule has 0 aliphatic carbocycles. The van der Waals surface area contributed by atoms with Crippen LogP contribution in [0.1, 0.15) is 69.5 Å². The van der Waals surface area contributed by atoms with Gasteiger partial charge in [-0.25, -0.2) is 4.98 Å². The maximum Gasteiger partial charge on any atom is 0.217 e. The van der Waals surface area contributed by atoms with E-state index in [0.29, 0.717) is 19.8 Å². The van der Waals surface area contributed by atoms with Crippen molar-refractivity contribution >= 4 is 0 Å². The number of likely N-dealkylation sites (tertiary alicyclic amines) is 1. The predicted octanol–water partition coefficient (Wildman–Crippen LogP) is 8.36. The lowest BCUT2D eigenvalue weighted by Gasteiger charge is -2.37. The lowest BCUT2D eigenvalue weighted by molar-refractivity contribution is -0.236. The molecule has 3 heterocycles. The van der Waals surface area contributed by atoms with Crippen LogP contribution in [0.3, 0.4) is 0 Å². The number of ether oxygens (including phenoxy) is 2. The average molecular weight is 564 g/mol. The molecule has 0 N–H and O–H groups in total. The van der Waals surface area contributed by atoms with Gasteiger partial charge in [-0.05, 0) is 50.9 Å². The topological polar surface area (TPSA) is 39.5 Å².